The fourth-order valence-electron chi connectivity index (χ4n) is 2.77. The second-order valence-corrected chi connectivity index (χ2v) is 5.86. The van der Waals surface area contributed by atoms with E-state index < -0.39 is 0 Å². The van der Waals surface area contributed by atoms with Crippen molar-refractivity contribution < 1.29 is 0 Å². The molecule has 1 aromatic heterocycles. The maximum atomic E-state index is 6.13. The molecule has 1 saturated carbocycles. The van der Waals surface area contributed by atoms with Gasteiger partial charge in [-0.3, -0.25) is 0 Å². The van der Waals surface area contributed by atoms with Crippen LogP contribution in [0.3, 0.4) is 0 Å². The molecule has 0 amide bonds. The highest BCUT2D eigenvalue weighted by atomic mass is 79.9. The van der Waals surface area contributed by atoms with Gasteiger partial charge in [0.15, 0.2) is 0 Å². The Bertz CT molecular complexity index is 561. The Morgan fingerprint density at radius 3 is 2.94 bits per heavy atom. The Labute approximate surface area is 109 Å². The molecule has 0 bridgehead atoms. The number of rotatable bonds is 1. The molecule has 4 heteroatoms. The maximum absolute atomic E-state index is 6.13. The number of nitrogens with zero attached hydrogens (tertiary/aromatic N) is 1. The van der Waals surface area contributed by atoms with Gasteiger partial charge in [0.05, 0.1) is 11.0 Å². The zero-order chi connectivity index (χ0) is 12.0. The van der Waals surface area contributed by atoms with Gasteiger partial charge in [0, 0.05) is 16.4 Å². The second kappa shape index (κ2) is 4.10. The molecule has 3 N–H and O–H groups in total. The molecule has 2 aromatic rings. The first-order chi connectivity index (χ1) is 8.15. The first kappa shape index (κ1) is 11.2. The van der Waals surface area contributed by atoms with Crippen LogP contribution in [0.2, 0.25) is 0 Å². The van der Waals surface area contributed by atoms with Gasteiger partial charge in [0.1, 0.15) is 5.82 Å². The minimum absolute atomic E-state index is 0.263. The van der Waals surface area contributed by atoms with Crippen LogP contribution in [0.15, 0.2) is 16.6 Å². The third-order valence-electron chi connectivity index (χ3n) is 3.68. The fourth-order valence-corrected chi connectivity index (χ4v) is 3.34. The fraction of sp³-hybridized carbons (Fsp3) is 0.462. The number of aryl methyl sites for hydroxylation is 1. The largest absolute Gasteiger partial charge is 0.342 e. The molecule has 17 heavy (non-hydrogen) atoms. The predicted octanol–water partition coefficient (Wildman–Crippen LogP) is 3.23. The van der Waals surface area contributed by atoms with Crippen molar-refractivity contribution >= 4 is 27.0 Å². The highest BCUT2D eigenvalue weighted by Gasteiger charge is 2.28. The number of hydrogen-bond donors (Lipinski definition) is 2. The molecule has 0 saturated heterocycles. The molecule has 1 aromatic carbocycles. The van der Waals surface area contributed by atoms with Gasteiger partial charge < -0.3 is 10.7 Å². The van der Waals surface area contributed by atoms with Gasteiger partial charge in [0.25, 0.3) is 0 Å². The van der Waals surface area contributed by atoms with E-state index in [1.54, 1.807) is 0 Å². The van der Waals surface area contributed by atoms with Crippen molar-refractivity contribution in [3.8, 4) is 0 Å². The Morgan fingerprint density at radius 1 is 1.41 bits per heavy atom. The molecule has 1 heterocycles. The van der Waals surface area contributed by atoms with E-state index in [2.05, 4.69) is 40.0 Å². The van der Waals surface area contributed by atoms with Crippen LogP contribution in [0.1, 0.15) is 36.6 Å². The Hall–Kier alpha value is -0.870. The molecule has 1 aliphatic carbocycles. The number of aromatic nitrogens is 2. The van der Waals surface area contributed by atoms with E-state index in [0.29, 0.717) is 5.92 Å². The number of imidazole rings is 1. The molecular formula is C13H16BrN3. The Kier molecular flexibility index (Phi) is 2.71. The van der Waals surface area contributed by atoms with E-state index in [-0.39, 0.29) is 6.04 Å². The number of aromatic amines is 1. The molecule has 2 unspecified atom stereocenters. The summed E-state index contributed by atoms with van der Waals surface area (Å²) < 4.78 is 1.09. The summed E-state index contributed by atoms with van der Waals surface area (Å²) >= 11 is 3.52. The Balaban J connectivity index is 2.10. The molecule has 0 aliphatic heterocycles. The van der Waals surface area contributed by atoms with E-state index in [1.807, 2.05) is 0 Å². The topological polar surface area (TPSA) is 54.7 Å². The molecule has 0 radical (unpaired) electrons. The zero-order valence-corrected chi connectivity index (χ0v) is 11.4. The number of benzene rings is 1. The molecule has 3 nitrogen and oxygen atoms in total. The molecule has 1 fully saturated rings. The Morgan fingerprint density at radius 2 is 2.24 bits per heavy atom. The van der Waals surface area contributed by atoms with Crippen LogP contribution < -0.4 is 5.73 Å². The average Bonchev–Trinajstić information content (AvgIpc) is 2.83. The van der Waals surface area contributed by atoms with E-state index in [4.69, 9.17) is 10.7 Å². The van der Waals surface area contributed by atoms with Crippen LogP contribution in [0.25, 0.3) is 11.0 Å². The van der Waals surface area contributed by atoms with Gasteiger partial charge >= 0.3 is 0 Å². The van der Waals surface area contributed by atoms with Crippen LogP contribution in [0.4, 0.5) is 0 Å². The summed E-state index contributed by atoms with van der Waals surface area (Å²) in [6.07, 6.45) is 3.48. The summed E-state index contributed by atoms with van der Waals surface area (Å²) in [5.74, 6) is 1.46. The van der Waals surface area contributed by atoms with Crippen molar-refractivity contribution in [3.63, 3.8) is 0 Å². The van der Waals surface area contributed by atoms with Crippen molar-refractivity contribution in [1.29, 1.82) is 0 Å². The lowest BCUT2D eigenvalue weighted by atomic mass is 10.0. The van der Waals surface area contributed by atoms with Crippen molar-refractivity contribution in [2.45, 2.75) is 38.1 Å². The SMILES string of the molecule is Cc1cc(Br)cc2[nH]c(C3CCCC3N)nc12. The highest BCUT2D eigenvalue weighted by molar-refractivity contribution is 9.10. The number of nitrogens with two attached hydrogens (primary N) is 1. The summed E-state index contributed by atoms with van der Waals surface area (Å²) in [6, 6.07) is 4.44. The number of H-pyrrole nitrogens is 1. The monoisotopic (exact) mass is 293 g/mol. The van der Waals surface area contributed by atoms with Crippen molar-refractivity contribution in [2.75, 3.05) is 0 Å². The summed E-state index contributed by atoms with van der Waals surface area (Å²) in [7, 11) is 0. The first-order valence-electron chi connectivity index (χ1n) is 6.06. The number of halogens is 1. The van der Waals surface area contributed by atoms with E-state index in [9.17, 15) is 0 Å². The van der Waals surface area contributed by atoms with E-state index in [0.717, 1.165) is 34.2 Å². The van der Waals surface area contributed by atoms with Gasteiger partial charge in [-0.05, 0) is 37.5 Å². The van der Waals surface area contributed by atoms with Crippen LogP contribution >= 0.6 is 15.9 Å². The second-order valence-electron chi connectivity index (χ2n) is 4.94. The van der Waals surface area contributed by atoms with Crippen molar-refractivity contribution in [1.82, 2.24) is 9.97 Å². The van der Waals surface area contributed by atoms with Crippen LogP contribution in [0.5, 0.6) is 0 Å². The molecule has 90 valence electrons. The number of fused-ring (bicyclic) bond motifs is 1. The zero-order valence-electron chi connectivity index (χ0n) is 9.83. The first-order valence-corrected chi connectivity index (χ1v) is 6.86. The highest BCUT2D eigenvalue weighted by Crippen LogP contribution is 2.33. The van der Waals surface area contributed by atoms with E-state index in [1.165, 1.54) is 12.0 Å². The lowest BCUT2D eigenvalue weighted by Crippen LogP contribution is -2.23. The number of nitrogens with one attached hydrogen (secondary N) is 1. The lowest BCUT2D eigenvalue weighted by molar-refractivity contribution is 0.588. The lowest BCUT2D eigenvalue weighted by Gasteiger charge is -2.11. The molecular weight excluding hydrogens is 278 g/mol. The molecule has 3 rings (SSSR count). The van der Waals surface area contributed by atoms with Crippen LogP contribution in [-0.4, -0.2) is 16.0 Å². The van der Waals surface area contributed by atoms with Gasteiger partial charge in [0.2, 0.25) is 0 Å². The van der Waals surface area contributed by atoms with E-state index >= 15 is 0 Å². The summed E-state index contributed by atoms with van der Waals surface area (Å²) in [4.78, 5) is 8.16. The van der Waals surface area contributed by atoms with Crippen LogP contribution in [-0.2, 0) is 0 Å². The summed E-state index contributed by atoms with van der Waals surface area (Å²) in [5, 5.41) is 0. The third kappa shape index (κ3) is 1.89. The molecule has 1 aliphatic rings. The van der Waals surface area contributed by atoms with Gasteiger partial charge in [-0.1, -0.05) is 22.4 Å². The molecule has 2 atom stereocenters. The van der Waals surface area contributed by atoms with Gasteiger partial charge in [-0.2, -0.15) is 0 Å². The number of hydrogen-bond acceptors (Lipinski definition) is 2. The minimum atomic E-state index is 0.263. The third-order valence-corrected chi connectivity index (χ3v) is 4.14. The average molecular weight is 294 g/mol. The minimum Gasteiger partial charge on any atom is -0.342 e. The standard InChI is InChI=1S/C13H16BrN3/c1-7-5-8(14)6-11-12(7)17-13(16-11)9-3-2-4-10(9)15/h5-6,9-10H,2-4,15H2,1H3,(H,16,17). The summed E-state index contributed by atoms with van der Waals surface area (Å²) in [5.41, 5.74) is 9.50. The predicted molar refractivity (Wildman–Crippen MR) is 73.1 cm³/mol. The quantitative estimate of drug-likeness (QED) is 0.848. The molecule has 0 spiro atoms. The van der Waals surface area contributed by atoms with Gasteiger partial charge in [-0.25, -0.2) is 4.98 Å². The maximum Gasteiger partial charge on any atom is 0.111 e. The smallest absolute Gasteiger partial charge is 0.111 e. The summed E-state index contributed by atoms with van der Waals surface area (Å²) in [6.45, 7) is 2.09. The van der Waals surface area contributed by atoms with Crippen molar-refractivity contribution in [2.24, 2.45) is 5.73 Å². The normalized spacial score (nSPS) is 24.6. The van der Waals surface area contributed by atoms with Crippen LogP contribution in [0, 0.1) is 6.92 Å². The van der Waals surface area contributed by atoms with Crippen molar-refractivity contribution in [3.05, 3.63) is 28.0 Å². The van der Waals surface area contributed by atoms with Gasteiger partial charge in [-0.15, -0.1) is 0 Å².